The summed E-state index contributed by atoms with van der Waals surface area (Å²) < 4.78 is 38.1. The Hall–Kier alpha value is -1.50. The van der Waals surface area contributed by atoms with Gasteiger partial charge in [0.15, 0.2) is 6.10 Å². The molecule has 0 aliphatic heterocycles. The fourth-order valence-electron chi connectivity index (χ4n) is 1.45. The number of aliphatic hydroxyl groups excluding tert-OH is 1. The zero-order valence-corrected chi connectivity index (χ0v) is 10.7. The highest BCUT2D eigenvalue weighted by Crippen LogP contribution is 2.32. The third-order valence-corrected chi connectivity index (χ3v) is 2.43. The van der Waals surface area contributed by atoms with Crippen LogP contribution in [0.3, 0.4) is 0 Å². The first-order valence-corrected chi connectivity index (χ1v) is 5.87. The van der Waals surface area contributed by atoms with Gasteiger partial charge in [-0.1, -0.05) is 13.8 Å². The maximum atomic E-state index is 12.3. The molecular weight excluding hydrogens is 261 g/mol. The third-order valence-electron chi connectivity index (χ3n) is 2.43. The van der Waals surface area contributed by atoms with Gasteiger partial charge in [0.25, 0.3) is 0 Å². The Morgan fingerprint density at radius 1 is 1.47 bits per heavy atom. The van der Waals surface area contributed by atoms with E-state index >= 15 is 0 Å². The molecule has 0 fully saturated rings. The molecule has 1 atom stereocenters. The molecule has 7 heteroatoms. The maximum absolute atomic E-state index is 12.3. The second-order valence-corrected chi connectivity index (χ2v) is 4.76. The molecule has 0 aromatic carbocycles. The summed E-state index contributed by atoms with van der Waals surface area (Å²) in [7, 11) is 0. The third kappa shape index (κ3) is 4.94. The van der Waals surface area contributed by atoms with Gasteiger partial charge >= 0.3 is 6.18 Å². The lowest BCUT2D eigenvalue weighted by Crippen LogP contribution is -2.30. The lowest BCUT2D eigenvalue weighted by atomic mass is 10.2. The number of nitrogens with zero attached hydrogens (tertiary/aromatic N) is 1. The van der Waals surface area contributed by atoms with Gasteiger partial charge in [0, 0.05) is 24.5 Å². The fourth-order valence-corrected chi connectivity index (χ4v) is 1.45. The first-order valence-electron chi connectivity index (χ1n) is 5.87. The van der Waals surface area contributed by atoms with Crippen molar-refractivity contribution in [2.45, 2.75) is 32.7 Å². The Morgan fingerprint density at radius 3 is 2.63 bits per heavy atom. The van der Waals surface area contributed by atoms with Gasteiger partial charge in [-0.15, -0.1) is 0 Å². The van der Waals surface area contributed by atoms with Crippen molar-refractivity contribution in [3.05, 3.63) is 24.0 Å². The minimum absolute atomic E-state index is 0.0721. The summed E-state index contributed by atoms with van der Waals surface area (Å²) in [5.74, 6) is 0.0218. The van der Waals surface area contributed by atoms with Crippen LogP contribution in [0.5, 0.6) is 0 Å². The van der Waals surface area contributed by atoms with Crippen LogP contribution in [0.25, 0.3) is 0 Å². The van der Waals surface area contributed by atoms with E-state index in [1.54, 1.807) is 0 Å². The molecule has 0 spiro atoms. The number of amides is 1. The average molecular weight is 278 g/mol. The molecule has 4 nitrogen and oxygen atoms in total. The molecule has 1 aromatic heterocycles. The predicted octanol–water partition coefficient (Wildman–Crippen LogP) is 1.86. The molecule has 1 heterocycles. The van der Waals surface area contributed by atoms with Crippen LogP contribution < -0.4 is 5.32 Å². The van der Waals surface area contributed by atoms with Crippen LogP contribution in [0.2, 0.25) is 0 Å². The number of aliphatic hydroxyl groups is 1. The van der Waals surface area contributed by atoms with E-state index in [-0.39, 0.29) is 18.0 Å². The first kappa shape index (κ1) is 15.6. The van der Waals surface area contributed by atoms with E-state index in [1.165, 1.54) is 10.8 Å². The van der Waals surface area contributed by atoms with Crippen molar-refractivity contribution in [2.24, 2.45) is 5.92 Å². The molecule has 1 aromatic rings. The zero-order chi connectivity index (χ0) is 14.6. The SMILES string of the molecule is CC(C)CNC(=O)Cn1ccc(C(O)C(F)(F)F)c1. The standard InChI is InChI=1S/C12H17F3N2O2/c1-8(2)5-16-10(18)7-17-4-3-9(6-17)11(19)12(13,14)15/h3-4,6,8,11,19H,5,7H2,1-2H3,(H,16,18). The largest absolute Gasteiger partial charge is 0.418 e. The second kappa shape index (κ2) is 6.10. The highest BCUT2D eigenvalue weighted by Gasteiger charge is 2.39. The molecule has 1 amide bonds. The highest BCUT2D eigenvalue weighted by atomic mass is 19.4. The van der Waals surface area contributed by atoms with Crippen molar-refractivity contribution in [3.8, 4) is 0 Å². The molecule has 108 valence electrons. The number of hydrogen-bond donors (Lipinski definition) is 2. The van der Waals surface area contributed by atoms with Gasteiger partial charge in [-0.3, -0.25) is 4.79 Å². The average Bonchev–Trinajstić information content (AvgIpc) is 2.72. The lowest BCUT2D eigenvalue weighted by Gasteiger charge is -2.12. The first-order chi connectivity index (χ1) is 8.70. The van der Waals surface area contributed by atoms with Gasteiger partial charge in [0.05, 0.1) is 0 Å². The summed E-state index contributed by atoms with van der Waals surface area (Å²) in [5, 5.41) is 11.7. The summed E-state index contributed by atoms with van der Waals surface area (Å²) in [5.41, 5.74) is -0.274. The molecule has 0 radical (unpaired) electrons. The fraction of sp³-hybridized carbons (Fsp3) is 0.583. The van der Waals surface area contributed by atoms with Crippen LogP contribution in [0.1, 0.15) is 25.5 Å². The molecule has 0 aliphatic rings. The van der Waals surface area contributed by atoms with E-state index < -0.39 is 12.3 Å². The van der Waals surface area contributed by atoms with E-state index in [2.05, 4.69) is 5.32 Å². The van der Waals surface area contributed by atoms with Crippen molar-refractivity contribution >= 4 is 5.91 Å². The van der Waals surface area contributed by atoms with Crippen molar-refractivity contribution < 1.29 is 23.1 Å². The summed E-state index contributed by atoms with van der Waals surface area (Å²) in [6.45, 7) is 4.32. The van der Waals surface area contributed by atoms with Gasteiger partial charge in [-0.25, -0.2) is 0 Å². The number of nitrogens with one attached hydrogen (secondary N) is 1. The number of carbonyl (C=O) groups excluding carboxylic acids is 1. The Morgan fingerprint density at radius 2 is 2.11 bits per heavy atom. The number of rotatable bonds is 5. The molecule has 19 heavy (non-hydrogen) atoms. The summed E-state index contributed by atoms with van der Waals surface area (Å²) in [6.07, 6.45) is -4.77. The van der Waals surface area contributed by atoms with E-state index in [0.717, 1.165) is 12.3 Å². The van der Waals surface area contributed by atoms with E-state index in [9.17, 15) is 18.0 Å². The van der Waals surface area contributed by atoms with Gasteiger partial charge in [-0.2, -0.15) is 13.2 Å². The summed E-state index contributed by atoms with van der Waals surface area (Å²) >= 11 is 0. The van der Waals surface area contributed by atoms with E-state index in [4.69, 9.17) is 5.11 Å². The molecule has 1 unspecified atom stereocenters. The second-order valence-electron chi connectivity index (χ2n) is 4.76. The smallest absolute Gasteiger partial charge is 0.379 e. The summed E-state index contributed by atoms with van der Waals surface area (Å²) in [4.78, 5) is 11.5. The molecule has 0 aliphatic carbocycles. The Bertz CT molecular complexity index is 427. The normalized spacial score (nSPS) is 13.6. The monoisotopic (exact) mass is 278 g/mol. The minimum atomic E-state index is -4.70. The van der Waals surface area contributed by atoms with Crippen LogP contribution >= 0.6 is 0 Å². The van der Waals surface area contributed by atoms with Crippen molar-refractivity contribution in [1.29, 1.82) is 0 Å². The topological polar surface area (TPSA) is 54.3 Å². The zero-order valence-electron chi connectivity index (χ0n) is 10.7. The highest BCUT2D eigenvalue weighted by molar-refractivity contribution is 5.75. The van der Waals surface area contributed by atoms with Crippen LogP contribution in [0.4, 0.5) is 13.2 Å². The van der Waals surface area contributed by atoms with Crippen molar-refractivity contribution in [2.75, 3.05) is 6.54 Å². The Labute approximate surface area is 109 Å². The van der Waals surface area contributed by atoms with E-state index in [0.29, 0.717) is 12.5 Å². The predicted molar refractivity (Wildman–Crippen MR) is 63.3 cm³/mol. The van der Waals surface area contributed by atoms with E-state index in [1.807, 2.05) is 13.8 Å². The Balaban J connectivity index is 2.58. The number of carbonyl (C=O) groups is 1. The van der Waals surface area contributed by atoms with Gasteiger partial charge in [-0.05, 0) is 12.0 Å². The van der Waals surface area contributed by atoms with Crippen LogP contribution in [0.15, 0.2) is 18.5 Å². The van der Waals surface area contributed by atoms with Gasteiger partial charge in [0.2, 0.25) is 5.91 Å². The summed E-state index contributed by atoms with van der Waals surface area (Å²) in [6, 6.07) is 1.15. The van der Waals surface area contributed by atoms with Crippen molar-refractivity contribution in [3.63, 3.8) is 0 Å². The molecule has 0 saturated carbocycles. The molecule has 2 N–H and O–H groups in total. The molecular formula is C12H17F3N2O2. The van der Waals surface area contributed by atoms with Crippen LogP contribution in [0, 0.1) is 5.92 Å². The van der Waals surface area contributed by atoms with Crippen molar-refractivity contribution in [1.82, 2.24) is 9.88 Å². The van der Waals surface area contributed by atoms with Crippen LogP contribution in [-0.2, 0) is 11.3 Å². The number of alkyl halides is 3. The Kier molecular flexibility index (Phi) is 4.99. The number of aromatic nitrogens is 1. The lowest BCUT2D eigenvalue weighted by molar-refractivity contribution is -0.206. The molecule has 1 rings (SSSR count). The quantitative estimate of drug-likeness (QED) is 0.863. The molecule has 0 saturated heterocycles. The maximum Gasteiger partial charge on any atom is 0.418 e. The van der Waals surface area contributed by atoms with Crippen LogP contribution in [-0.4, -0.2) is 28.3 Å². The molecule has 0 bridgehead atoms. The van der Waals surface area contributed by atoms with Gasteiger partial charge in [0.1, 0.15) is 6.54 Å². The number of hydrogen-bond acceptors (Lipinski definition) is 2. The van der Waals surface area contributed by atoms with Gasteiger partial charge < -0.3 is 15.0 Å². The number of halogens is 3. The minimum Gasteiger partial charge on any atom is -0.379 e.